The summed E-state index contributed by atoms with van der Waals surface area (Å²) in [6.45, 7) is 5.39. The summed E-state index contributed by atoms with van der Waals surface area (Å²) in [6.07, 6.45) is 0. The molecule has 2 aromatic rings. The predicted molar refractivity (Wildman–Crippen MR) is 120 cm³/mol. The van der Waals surface area contributed by atoms with Gasteiger partial charge in [0.1, 0.15) is 23.3 Å². The SMILES string of the molecule is COc1cc(OC)cc(OCC(=O)N(Cc2cccc(Cl)c2)[C@@H](C)C(=O)NC(C)C)c1. The fourth-order valence-corrected chi connectivity index (χ4v) is 3.13. The molecule has 0 aliphatic heterocycles. The lowest BCUT2D eigenvalue weighted by molar-refractivity contribution is -0.142. The van der Waals surface area contributed by atoms with Crippen molar-refractivity contribution in [2.24, 2.45) is 0 Å². The number of ether oxygens (including phenoxy) is 3. The Bertz CT molecular complexity index is 881. The van der Waals surface area contributed by atoms with Gasteiger partial charge < -0.3 is 24.4 Å². The highest BCUT2D eigenvalue weighted by Crippen LogP contribution is 2.27. The first kappa shape index (κ1) is 24.3. The van der Waals surface area contributed by atoms with Gasteiger partial charge in [-0.25, -0.2) is 0 Å². The molecular formula is C23H29ClN2O5. The molecule has 0 heterocycles. The van der Waals surface area contributed by atoms with Crippen LogP contribution in [0.15, 0.2) is 42.5 Å². The largest absolute Gasteiger partial charge is 0.496 e. The molecular weight excluding hydrogens is 420 g/mol. The van der Waals surface area contributed by atoms with E-state index in [1.54, 1.807) is 43.3 Å². The van der Waals surface area contributed by atoms with Gasteiger partial charge in [-0.05, 0) is 38.5 Å². The highest BCUT2D eigenvalue weighted by Gasteiger charge is 2.27. The molecule has 2 amide bonds. The van der Waals surface area contributed by atoms with Gasteiger partial charge in [-0.15, -0.1) is 0 Å². The van der Waals surface area contributed by atoms with Gasteiger partial charge in [0.2, 0.25) is 5.91 Å². The monoisotopic (exact) mass is 448 g/mol. The Morgan fingerprint density at radius 3 is 2.16 bits per heavy atom. The Morgan fingerprint density at radius 2 is 1.61 bits per heavy atom. The smallest absolute Gasteiger partial charge is 0.261 e. The van der Waals surface area contributed by atoms with Gasteiger partial charge in [0.05, 0.1) is 14.2 Å². The highest BCUT2D eigenvalue weighted by atomic mass is 35.5. The molecule has 0 aliphatic carbocycles. The minimum atomic E-state index is -0.697. The fourth-order valence-electron chi connectivity index (χ4n) is 2.91. The van der Waals surface area contributed by atoms with Crippen LogP contribution in [0.25, 0.3) is 0 Å². The molecule has 0 radical (unpaired) electrons. The minimum Gasteiger partial charge on any atom is -0.496 e. The number of benzene rings is 2. The van der Waals surface area contributed by atoms with E-state index in [9.17, 15) is 9.59 Å². The van der Waals surface area contributed by atoms with Gasteiger partial charge in [-0.3, -0.25) is 9.59 Å². The van der Waals surface area contributed by atoms with Crippen LogP contribution in [0.1, 0.15) is 26.3 Å². The van der Waals surface area contributed by atoms with Gasteiger partial charge in [0, 0.05) is 35.8 Å². The number of hydrogen-bond acceptors (Lipinski definition) is 5. The number of amides is 2. The third-order valence-corrected chi connectivity index (χ3v) is 4.76. The van der Waals surface area contributed by atoms with E-state index in [1.807, 2.05) is 19.9 Å². The third kappa shape index (κ3) is 7.36. The van der Waals surface area contributed by atoms with Crippen LogP contribution >= 0.6 is 11.6 Å². The molecule has 0 fully saturated rings. The van der Waals surface area contributed by atoms with Crippen LogP contribution in [-0.4, -0.2) is 49.6 Å². The van der Waals surface area contributed by atoms with Crippen LogP contribution in [-0.2, 0) is 16.1 Å². The quantitative estimate of drug-likeness (QED) is 0.600. The maximum Gasteiger partial charge on any atom is 0.261 e. The molecule has 0 unspecified atom stereocenters. The van der Waals surface area contributed by atoms with Crippen LogP contribution in [0.3, 0.4) is 0 Å². The van der Waals surface area contributed by atoms with Crippen LogP contribution in [0.4, 0.5) is 0 Å². The first-order chi connectivity index (χ1) is 14.7. The lowest BCUT2D eigenvalue weighted by atomic mass is 10.1. The molecule has 0 saturated carbocycles. The Hall–Kier alpha value is -2.93. The molecule has 168 valence electrons. The van der Waals surface area contributed by atoms with Crippen molar-refractivity contribution in [1.82, 2.24) is 10.2 Å². The van der Waals surface area contributed by atoms with Crippen molar-refractivity contribution in [2.45, 2.75) is 39.4 Å². The summed E-state index contributed by atoms with van der Waals surface area (Å²) in [5, 5.41) is 3.41. The van der Waals surface area contributed by atoms with E-state index in [4.69, 9.17) is 25.8 Å². The van der Waals surface area contributed by atoms with E-state index in [1.165, 1.54) is 19.1 Å². The predicted octanol–water partition coefficient (Wildman–Crippen LogP) is 3.68. The molecule has 0 saturated heterocycles. The summed E-state index contributed by atoms with van der Waals surface area (Å²) in [4.78, 5) is 27.1. The van der Waals surface area contributed by atoms with Crippen molar-refractivity contribution in [3.05, 3.63) is 53.1 Å². The van der Waals surface area contributed by atoms with Gasteiger partial charge in [-0.2, -0.15) is 0 Å². The number of rotatable bonds is 10. The molecule has 0 spiro atoms. The second kappa shape index (κ2) is 11.5. The van der Waals surface area contributed by atoms with Crippen molar-refractivity contribution in [2.75, 3.05) is 20.8 Å². The Kier molecular flexibility index (Phi) is 9.00. The molecule has 0 bridgehead atoms. The molecule has 2 aromatic carbocycles. The topological polar surface area (TPSA) is 77.1 Å². The third-order valence-electron chi connectivity index (χ3n) is 4.53. The van der Waals surface area contributed by atoms with E-state index in [-0.39, 0.29) is 31.0 Å². The van der Waals surface area contributed by atoms with Crippen molar-refractivity contribution < 1.29 is 23.8 Å². The molecule has 2 rings (SSSR count). The molecule has 0 aliphatic rings. The second-order valence-electron chi connectivity index (χ2n) is 7.33. The Balaban J connectivity index is 2.19. The number of carbonyl (C=O) groups is 2. The zero-order valence-electron chi connectivity index (χ0n) is 18.5. The maximum absolute atomic E-state index is 13.1. The van der Waals surface area contributed by atoms with E-state index in [0.29, 0.717) is 22.3 Å². The number of methoxy groups -OCH3 is 2. The summed E-state index contributed by atoms with van der Waals surface area (Å²) < 4.78 is 16.2. The molecule has 1 N–H and O–H groups in total. The summed E-state index contributed by atoms with van der Waals surface area (Å²) in [7, 11) is 3.07. The number of hydrogen-bond donors (Lipinski definition) is 1. The van der Waals surface area contributed by atoms with Crippen LogP contribution < -0.4 is 19.5 Å². The first-order valence-corrected chi connectivity index (χ1v) is 10.3. The Labute approximate surface area is 188 Å². The number of halogens is 1. The molecule has 7 nitrogen and oxygen atoms in total. The lowest BCUT2D eigenvalue weighted by Crippen LogP contribution is -2.50. The van der Waals surface area contributed by atoms with Crippen LogP contribution in [0.2, 0.25) is 5.02 Å². The molecule has 8 heteroatoms. The summed E-state index contributed by atoms with van der Waals surface area (Å²) in [5.41, 5.74) is 0.813. The number of nitrogens with one attached hydrogen (secondary N) is 1. The van der Waals surface area contributed by atoms with E-state index in [2.05, 4.69) is 5.32 Å². The Morgan fingerprint density at radius 1 is 1.00 bits per heavy atom. The molecule has 31 heavy (non-hydrogen) atoms. The van der Waals surface area contributed by atoms with Gasteiger partial charge in [-0.1, -0.05) is 23.7 Å². The standard InChI is InChI=1S/C23H29ClN2O5/c1-15(2)25-23(28)16(3)26(13-17-7-6-8-18(24)9-17)22(27)14-31-21-11-19(29-4)10-20(12-21)30-5/h6-12,15-16H,13-14H2,1-5H3,(H,25,28)/t16-/m0/s1. The van der Waals surface area contributed by atoms with Crippen molar-refractivity contribution >= 4 is 23.4 Å². The summed E-state index contributed by atoms with van der Waals surface area (Å²) in [6, 6.07) is 11.5. The second-order valence-corrected chi connectivity index (χ2v) is 7.76. The van der Waals surface area contributed by atoms with Gasteiger partial charge in [0.15, 0.2) is 6.61 Å². The van der Waals surface area contributed by atoms with Crippen LogP contribution in [0, 0.1) is 0 Å². The van der Waals surface area contributed by atoms with Crippen LogP contribution in [0.5, 0.6) is 17.2 Å². The van der Waals surface area contributed by atoms with Crippen molar-refractivity contribution in [3.8, 4) is 17.2 Å². The molecule has 1 atom stereocenters. The average Bonchev–Trinajstić information content (AvgIpc) is 2.74. The zero-order valence-corrected chi connectivity index (χ0v) is 19.2. The molecule has 0 aromatic heterocycles. The van der Waals surface area contributed by atoms with Gasteiger partial charge >= 0.3 is 0 Å². The lowest BCUT2D eigenvalue weighted by Gasteiger charge is -2.29. The van der Waals surface area contributed by atoms with Crippen molar-refractivity contribution in [3.63, 3.8) is 0 Å². The minimum absolute atomic E-state index is 0.0430. The fraction of sp³-hybridized carbons (Fsp3) is 0.391. The zero-order chi connectivity index (χ0) is 23.0. The maximum atomic E-state index is 13.1. The highest BCUT2D eigenvalue weighted by molar-refractivity contribution is 6.30. The average molecular weight is 449 g/mol. The van der Waals surface area contributed by atoms with Gasteiger partial charge in [0.25, 0.3) is 5.91 Å². The van der Waals surface area contributed by atoms with E-state index >= 15 is 0 Å². The first-order valence-electron chi connectivity index (χ1n) is 9.93. The van der Waals surface area contributed by atoms with Crippen molar-refractivity contribution in [1.29, 1.82) is 0 Å². The normalized spacial score (nSPS) is 11.6. The van der Waals surface area contributed by atoms with E-state index < -0.39 is 6.04 Å². The number of carbonyl (C=O) groups excluding carboxylic acids is 2. The number of nitrogens with zero attached hydrogens (tertiary/aromatic N) is 1. The van der Waals surface area contributed by atoms with E-state index in [0.717, 1.165) is 5.56 Å². The summed E-state index contributed by atoms with van der Waals surface area (Å²) >= 11 is 6.09. The summed E-state index contributed by atoms with van der Waals surface area (Å²) in [5.74, 6) is 0.928.